The van der Waals surface area contributed by atoms with Crippen LogP contribution in [0.5, 0.6) is 0 Å². The molecule has 31 heavy (non-hydrogen) atoms. The highest BCUT2D eigenvalue weighted by atomic mass is 16.5. The second-order valence-electron chi connectivity index (χ2n) is 7.48. The summed E-state index contributed by atoms with van der Waals surface area (Å²) in [7, 11) is 0. The van der Waals surface area contributed by atoms with Gasteiger partial charge in [-0.05, 0) is 45.2 Å². The van der Waals surface area contributed by atoms with E-state index in [9.17, 15) is 14.4 Å². The molecular weight excluding hydrogens is 400 g/mol. The standard InChI is InChI=1S/C22H34N4O5/c1-4-13-30-14-10-23-21(28)18-7-6-16(3)25-20(18)17-8-11-26(12-9-17)22(29)24-15-19(27)31-5-2/h6-7,17H,4-5,8-15H2,1-3H3,(H,23,28)(H,24,29). The Hall–Kier alpha value is -2.68. The number of aryl methyl sites for hydroxylation is 1. The Morgan fingerprint density at radius 3 is 2.55 bits per heavy atom. The molecule has 3 amide bonds. The third kappa shape index (κ3) is 7.82. The van der Waals surface area contributed by atoms with Crippen molar-refractivity contribution < 1.29 is 23.9 Å². The van der Waals surface area contributed by atoms with Gasteiger partial charge < -0.3 is 25.0 Å². The number of urea groups is 1. The first-order valence-corrected chi connectivity index (χ1v) is 11.0. The van der Waals surface area contributed by atoms with Gasteiger partial charge in [-0.15, -0.1) is 0 Å². The van der Waals surface area contributed by atoms with E-state index < -0.39 is 5.97 Å². The lowest BCUT2D eigenvalue weighted by Gasteiger charge is -2.32. The first kappa shape index (κ1) is 24.6. The van der Waals surface area contributed by atoms with Gasteiger partial charge in [0.15, 0.2) is 0 Å². The molecule has 0 saturated carbocycles. The van der Waals surface area contributed by atoms with Crippen molar-refractivity contribution in [1.29, 1.82) is 0 Å². The third-order valence-electron chi connectivity index (χ3n) is 5.05. The first-order chi connectivity index (χ1) is 15.0. The van der Waals surface area contributed by atoms with Crippen molar-refractivity contribution in [3.8, 4) is 0 Å². The lowest BCUT2D eigenvalue weighted by molar-refractivity contribution is -0.141. The van der Waals surface area contributed by atoms with E-state index >= 15 is 0 Å². The molecule has 1 aromatic rings. The van der Waals surface area contributed by atoms with E-state index in [-0.39, 0.29) is 31.0 Å². The van der Waals surface area contributed by atoms with Crippen LogP contribution < -0.4 is 10.6 Å². The second-order valence-corrected chi connectivity index (χ2v) is 7.48. The SMILES string of the molecule is CCCOCCNC(=O)c1ccc(C)nc1C1CCN(C(=O)NCC(=O)OCC)CC1. The lowest BCUT2D eigenvalue weighted by Crippen LogP contribution is -2.46. The summed E-state index contributed by atoms with van der Waals surface area (Å²) in [5.74, 6) is -0.520. The topological polar surface area (TPSA) is 110 Å². The van der Waals surface area contributed by atoms with Crippen molar-refractivity contribution >= 4 is 17.9 Å². The normalized spacial score (nSPS) is 14.2. The molecule has 0 bridgehead atoms. The number of nitrogens with zero attached hydrogens (tertiary/aromatic N) is 2. The molecule has 1 aliphatic rings. The van der Waals surface area contributed by atoms with E-state index in [1.165, 1.54) is 0 Å². The van der Waals surface area contributed by atoms with Crippen LogP contribution in [0, 0.1) is 6.92 Å². The smallest absolute Gasteiger partial charge is 0.325 e. The van der Waals surface area contributed by atoms with Crippen LogP contribution in [0.2, 0.25) is 0 Å². The molecule has 0 unspecified atom stereocenters. The molecule has 2 N–H and O–H groups in total. The number of ether oxygens (including phenoxy) is 2. The van der Waals surface area contributed by atoms with Gasteiger partial charge in [0, 0.05) is 37.9 Å². The zero-order valence-corrected chi connectivity index (χ0v) is 18.7. The summed E-state index contributed by atoms with van der Waals surface area (Å²) >= 11 is 0. The fourth-order valence-corrected chi connectivity index (χ4v) is 3.49. The molecule has 0 aliphatic carbocycles. The molecule has 1 fully saturated rings. The monoisotopic (exact) mass is 434 g/mol. The maximum atomic E-state index is 12.7. The Labute approximate surface area is 183 Å². The van der Waals surface area contributed by atoms with Gasteiger partial charge in [0.1, 0.15) is 6.54 Å². The lowest BCUT2D eigenvalue weighted by atomic mass is 9.90. The number of carbonyl (C=O) groups is 3. The van der Waals surface area contributed by atoms with Crippen LogP contribution in [0.25, 0.3) is 0 Å². The summed E-state index contributed by atoms with van der Waals surface area (Å²) < 4.78 is 10.2. The predicted molar refractivity (Wildman–Crippen MR) is 116 cm³/mol. The molecule has 1 aliphatic heterocycles. The number of hydrogen-bond acceptors (Lipinski definition) is 6. The van der Waals surface area contributed by atoms with Crippen LogP contribution >= 0.6 is 0 Å². The van der Waals surface area contributed by atoms with Crippen molar-refractivity contribution in [2.75, 3.05) is 46.0 Å². The van der Waals surface area contributed by atoms with Gasteiger partial charge in [-0.3, -0.25) is 14.6 Å². The Kier molecular flexibility index (Phi) is 10.2. The zero-order chi connectivity index (χ0) is 22.6. The van der Waals surface area contributed by atoms with E-state index in [2.05, 4.69) is 15.6 Å². The molecule has 0 spiro atoms. The van der Waals surface area contributed by atoms with E-state index in [4.69, 9.17) is 9.47 Å². The number of amides is 3. The van der Waals surface area contributed by atoms with E-state index in [0.29, 0.717) is 51.3 Å². The molecule has 9 heteroatoms. The van der Waals surface area contributed by atoms with Crippen LogP contribution in [-0.2, 0) is 14.3 Å². The maximum Gasteiger partial charge on any atom is 0.325 e. The molecule has 1 saturated heterocycles. The molecule has 0 aromatic carbocycles. The Bertz CT molecular complexity index is 747. The third-order valence-corrected chi connectivity index (χ3v) is 5.05. The average molecular weight is 435 g/mol. The molecule has 172 valence electrons. The number of rotatable bonds is 10. The van der Waals surface area contributed by atoms with Gasteiger partial charge in [-0.25, -0.2) is 4.79 Å². The van der Waals surface area contributed by atoms with Crippen molar-refractivity contribution in [1.82, 2.24) is 20.5 Å². The summed E-state index contributed by atoms with van der Waals surface area (Å²) in [6.45, 7) is 8.47. The van der Waals surface area contributed by atoms with Crippen LogP contribution in [0.4, 0.5) is 4.79 Å². The zero-order valence-electron chi connectivity index (χ0n) is 18.7. The summed E-state index contributed by atoms with van der Waals surface area (Å²) in [4.78, 5) is 42.7. The molecule has 9 nitrogen and oxygen atoms in total. The molecular formula is C22H34N4O5. The second kappa shape index (κ2) is 12.9. The Balaban J connectivity index is 1.92. The number of aromatic nitrogens is 1. The Morgan fingerprint density at radius 2 is 1.87 bits per heavy atom. The van der Waals surface area contributed by atoms with Crippen LogP contribution in [0.15, 0.2) is 12.1 Å². The van der Waals surface area contributed by atoms with Gasteiger partial charge in [0.2, 0.25) is 0 Å². The number of likely N-dealkylation sites (tertiary alicyclic amines) is 1. The Morgan fingerprint density at radius 1 is 1.13 bits per heavy atom. The highest BCUT2D eigenvalue weighted by Crippen LogP contribution is 2.29. The summed E-state index contributed by atoms with van der Waals surface area (Å²) in [5, 5.41) is 5.49. The van der Waals surface area contributed by atoms with E-state index in [0.717, 1.165) is 17.8 Å². The molecule has 2 rings (SSSR count). The fourth-order valence-electron chi connectivity index (χ4n) is 3.49. The summed E-state index contributed by atoms with van der Waals surface area (Å²) in [6, 6.07) is 3.37. The van der Waals surface area contributed by atoms with Gasteiger partial charge in [-0.1, -0.05) is 6.92 Å². The van der Waals surface area contributed by atoms with Crippen molar-refractivity contribution in [3.63, 3.8) is 0 Å². The van der Waals surface area contributed by atoms with Crippen LogP contribution in [0.1, 0.15) is 60.8 Å². The van der Waals surface area contributed by atoms with Crippen molar-refractivity contribution in [2.45, 2.75) is 46.0 Å². The number of carbonyl (C=O) groups excluding carboxylic acids is 3. The largest absolute Gasteiger partial charge is 0.465 e. The minimum Gasteiger partial charge on any atom is -0.465 e. The summed E-state index contributed by atoms with van der Waals surface area (Å²) in [5.41, 5.74) is 2.21. The fraction of sp³-hybridized carbons (Fsp3) is 0.636. The minimum absolute atomic E-state index is 0.0890. The predicted octanol–water partition coefficient (Wildman–Crippen LogP) is 2.00. The number of pyridine rings is 1. The number of hydrogen-bond donors (Lipinski definition) is 2. The number of piperidine rings is 1. The van der Waals surface area contributed by atoms with Crippen LogP contribution in [0.3, 0.4) is 0 Å². The van der Waals surface area contributed by atoms with Crippen molar-refractivity contribution in [2.24, 2.45) is 0 Å². The summed E-state index contributed by atoms with van der Waals surface area (Å²) in [6.07, 6.45) is 2.34. The average Bonchev–Trinajstić information content (AvgIpc) is 2.77. The minimum atomic E-state index is -0.453. The highest BCUT2D eigenvalue weighted by molar-refractivity contribution is 5.95. The van der Waals surface area contributed by atoms with Gasteiger partial charge in [-0.2, -0.15) is 0 Å². The van der Waals surface area contributed by atoms with Gasteiger partial charge >= 0.3 is 12.0 Å². The maximum absolute atomic E-state index is 12.7. The van der Waals surface area contributed by atoms with E-state index in [1.54, 1.807) is 11.8 Å². The molecule has 0 atom stereocenters. The van der Waals surface area contributed by atoms with Crippen LogP contribution in [-0.4, -0.2) is 73.8 Å². The quantitative estimate of drug-likeness (QED) is 0.431. The molecule has 0 radical (unpaired) electrons. The first-order valence-electron chi connectivity index (χ1n) is 11.0. The number of nitrogens with one attached hydrogen (secondary N) is 2. The van der Waals surface area contributed by atoms with E-state index in [1.807, 2.05) is 26.0 Å². The highest BCUT2D eigenvalue weighted by Gasteiger charge is 2.28. The van der Waals surface area contributed by atoms with Gasteiger partial charge in [0.05, 0.1) is 24.5 Å². The van der Waals surface area contributed by atoms with Gasteiger partial charge in [0.25, 0.3) is 5.91 Å². The molecule has 1 aromatic heterocycles. The number of esters is 1. The van der Waals surface area contributed by atoms with Crippen molar-refractivity contribution in [3.05, 3.63) is 29.1 Å². The molecule has 2 heterocycles.